The summed E-state index contributed by atoms with van der Waals surface area (Å²) in [5.41, 5.74) is 0.142. The first-order valence-electron chi connectivity index (χ1n) is 7.48. The van der Waals surface area contributed by atoms with E-state index in [1.54, 1.807) is 0 Å². The average Bonchev–Trinajstić information content (AvgIpc) is 2.76. The minimum Gasteiger partial charge on any atom is -0.454 e. The Labute approximate surface area is 154 Å². The molecule has 1 N–H and O–H groups in total. The number of imide groups is 1. The van der Waals surface area contributed by atoms with Crippen LogP contribution in [0.4, 0.5) is 0 Å². The highest BCUT2D eigenvalue weighted by atomic mass is 35.5. The van der Waals surface area contributed by atoms with Crippen molar-refractivity contribution in [1.29, 1.82) is 0 Å². The second-order valence-electron chi connectivity index (χ2n) is 5.87. The molecule has 0 saturated heterocycles. The molecule has 134 valence electrons. The van der Waals surface area contributed by atoms with E-state index in [4.69, 9.17) is 27.9 Å². The van der Waals surface area contributed by atoms with Gasteiger partial charge in [-0.1, -0.05) is 37.0 Å². The average molecular weight is 387 g/mol. The number of hydrogen-bond acceptors (Lipinski definition) is 5. The van der Waals surface area contributed by atoms with Gasteiger partial charge in [0.15, 0.2) is 6.61 Å². The van der Waals surface area contributed by atoms with Crippen LogP contribution in [0, 0.1) is 5.92 Å². The number of rotatable bonds is 6. The molecular formula is C16H16Cl2N2O5. The number of fused-ring (bicyclic) bond motifs is 1. The summed E-state index contributed by atoms with van der Waals surface area (Å²) in [6.07, 6.45) is 0. The summed E-state index contributed by atoms with van der Waals surface area (Å²) < 4.78 is 4.79. The number of halogens is 2. The van der Waals surface area contributed by atoms with Gasteiger partial charge in [-0.2, -0.15) is 0 Å². The number of benzene rings is 1. The van der Waals surface area contributed by atoms with Crippen molar-refractivity contribution >= 4 is 46.9 Å². The van der Waals surface area contributed by atoms with Crippen molar-refractivity contribution < 1.29 is 23.9 Å². The molecule has 0 spiro atoms. The van der Waals surface area contributed by atoms with Crippen LogP contribution in [0.5, 0.6) is 0 Å². The van der Waals surface area contributed by atoms with Gasteiger partial charge in [0.25, 0.3) is 17.7 Å². The van der Waals surface area contributed by atoms with Gasteiger partial charge in [-0.25, -0.2) is 0 Å². The third-order valence-electron chi connectivity index (χ3n) is 3.37. The number of carbonyl (C=O) groups is 4. The second kappa shape index (κ2) is 7.84. The van der Waals surface area contributed by atoms with Crippen molar-refractivity contribution in [3.63, 3.8) is 0 Å². The quantitative estimate of drug-likeness (QED) is 0.595. The predicted molar refractivity (Wildman–Crippen MR) is 90.6 cm³/mol. The molecule has 1 aliphatic heterocycles. The lowest BCUT2D eigenvalue weighted by molar-refractivity contribution is -0.148. The molecule has 25 heavy (non-hydrogen) atoms. The van der Waals surface area contributed by atoms with E-state index in [0.29, 0.717) is 6.54 Å². The minimum atomic E-state index is -0.869. The number of ether oxygens (including phenoxy) is 1. The van der Waals surface area contributed by atoms with Crippen LogP contribution in [-0.4, -0.2) is 48.3 Å². The molecule has 0 aliphatic carbocycles. The number of nitrogens with one attached hydrogen (secondary N) is 1. The summed E-state index contributed by atoms with van der Waals surface area (Å²) in [4.78, 5) is 48.5. The maximum atomic E-state index is 12.2. The highest BCUT2D eigenvalue weighted by Gasteiger charge is 2.37. The van der Waals surface area contributed by atoms with Crippen LogP contribution in [0.25, 0.3) is 0 Å². The fraction of sp³-hybridized carbons (Fsp3) is 0.375. The van der Waals surface area contributed by atoms with Crippen LogP contribution in [-0.2, 0) is 14.3 Å². The molecule has 7 nitrogen and oxygen atoms in total. The molecule has 0 unspecified atom stereocenters. The van der Waals surface area contributed by atoms with Crippen LogP contribution >= 0.6 is 23.2 Å². The molecule has 1 aromatic carbocycles. The van der Waals surface area contributed by atoms with E-state index in [2.05, 4.69) is 5.32 Å². The summed E-state index contributed by atoms with van der Waals surface area (Å²) in [7, 11) is 0. The van der Waals surface area contributed by atoms with Crippen LogP contribution in [0.3, 0.4) is 0 Å². The standard InChI is InChI=1S/C16H16Cl2N2O5/c1-8(2)5-19-13(21)7-25-14(22)6-20-15(23)9-3-11(17)12(18)4-10(9)16(20)24/h3-4,8H,5-7H2,1-2H3,(H,19,21). The van der Waals surface area contributed by atoms with Gasteiger partial charge in [0.05, 0.1) is 21.2 Å². The Bertz CT molecular complexity index is 707. The molecule has 3 amide bonds. The Hall–Kier alpha value is -2.12. The van der Waals surface area contributed by atoms with Crippen molar-refractivity contribution in [3.05, 3.63) is 33.3 Å². The van der Waals surface area contributed by atoms with Crippen LogP contribution < -0.4 is 5.32 Å². The minimum absolute atomic E-state index is 0.0712. The van der Waals surface area contributed by atoms with Crippen LogP contribution in [0.1, 0.15) is 34.6 Å². The van der Waals surface area contributed by atoms with E-state index in [1.807, 2.05) is 13.8 Å². The lowest BCUT2D eigenvalue weighted by Gasteiger charge is -2.13. The molecule has 1 aliphatic rings. The van der Waals surface area contributed by atoms with E-state index in [0.717, 1.165) is 4.90 Å². The Kier molecular flexibility index (Phi) is 6.02. The first kappa shape index (κ1) is 19.2. The summed E-state index contributed by atoms with van der Waals surface area (Å²) in [5.74, 6) is -2.40. The normalized spacial score (nSPS) is 13.2. The predicted octanol–water partition coefficient (Wildman–Crippen LogP) is 1.90. The molecule has 0 fully saturated rings. The second-order valence-corrected chi connectivity index (χ2v) is 6.68. The highest BCUT2D eigenvalue weighted by Crippen LogP contribution is 2.31. The Morgan fingerprint density at radius 2 is 1.64 bits per heavy atom. The summed E-state index contributed by atoms with van der Waals surface area (Å²) in [6.45, 7) is 3.22. The number of carbonyl (C=O) groups excluding carboxylic acids is 4. The molecule has 0 atom stereocenters. The van der Waals surface area contributed by atoms with Crippen molar-refractivity contribution in [2.24, 2.45) is 5.92 Å². The van der Waals surface area contributed by atoms with Crippen LogP contribution in [0.15, 0.2) is 12.1 Å². The molecule has 2 rings (SSSR count). The summed E-state index contributed by atoms with van der Waals surface area (Å²) >= 11 is 11.7. The van der Waals surface area contributed by atoms with E-state index in [9.17, 15) is 19.2 Å². The first-order valence-corrected chi connectivity index (χ1v) is 8.23. The molecule has 0 bridgehead atoms. The molecule has 9 heteroatoms. The zero-order valence-corrected chi connectivity index (χ0v) is 15.1. The molecule has 0 radical (unpaired) electrons. The topological polar surface area (TPSA) is 92.8 Å². The van der Waals surface area contributed by atoms with Gasteiger partial charge >= 0.3 is 5.97 Å². The van der Waals surface area contributed by atoms with Gasteiger partial charge in [-0.05, 0) is 18.1 Å². The maximum absolute atomic E-state index is 12.2. The van der Waals surface area contributed by atoms with Gasteiger partial charge in [0.2, 0.25) is 0 Å². The molecule has 0 saturated carbocycles. The van der Waals surface area contributed by atoms with Gasteiger partial charge in [-0.3, -0.25) is 24.1 Å². The fourth-order valence-corrected chi connectivity index (χ4v) is 2.44. The highest BCUT2D eigenvalue weighted by molar-refractivity contribution is 6.43. The van der Waals surface area contributed by atoms with Gasteiger partial charge in [-0.15, -0.1) is 0 Å². The largest absolute Gasteiger partial charge is 0.454 e. The Morgan fingerprint density at radius 1 is 1.12 bits per heavy atom. The third-order valence-corrected chi connectivity index (χ3v) is 4.09. The Morgan fingerprint density at radius 3 is 2.12 bits per heavy atom. The smallest absolute Gasteiger partial charge is 0.326 e. The number of hydrogen-bond donors (Lipinski definition) is 1. The maximum Gasteiger partial charge on any atom is 0.326 e. The van der Waals surface area contributed by atoms with Crippen molar-refractivity contribution in [1.82, 2.24) is 10.2 Å². The van der Waals surface area contributed by atoms with Gasteiger partial charge < -0.3 is 10.1 Å². The number of esters is 1. The fourth-order valence-electron chi connectivity index (χ4n) is 2.12. The summed E-state index contributed by atoms with van der Waals surface area (Å²) in [5, 5.41) is 2.85. The zero-order chi connectivity index (χ0) is 18.7. The monoisotopic (exact) mass is 386 g/mol. The third kappa shape index (κ3) is 4.49. The number of amides is 3. The van der Waals surface area contributed by atoms with Gasteiger partial charge in [0, 0.05) is 6.54 Å². The van der Waals surface area contributed by atoms with Crippen molar-refractivity contribution in [2.75, 3.05) is 19.7 Å². The lowest BCUT2D eigenvalue weighted by Crippen LogP contribution is -2.37. The SMILES string of the molecule is CC(C)CNC(=O)COC(=O)CN1C(=O)c2cc(Cl)c(Cl)cc2C1=O. The van der Waals surface area contributed by atoms with Crippen molar-refractivity contribution in [2.45, 2.75) is 13.8 Å². The lowest BCUT2D eigenvalue weighted by atomic mass is 10.1. The van der Waals surface area contributed by atoms with E-state index in [1.165, 1.54) is 12.1 Å². The summed E-state index contributed by atoms with van der Waals surface area (Å²) in [6, 6.07) is 2.56. The molecule has 1 heterocycles. The van der Waals surface area contributed by atoms with Crippen LogP contribution in [0.2, 0.25) is 10.0 Å². The molecular weight excluding hydrogens is 371 g/mol. The first-order chi connectivity index (χ1) is 11.7. The van der Waals surface area contributed by atoms with Gasteiger partial charge in [0.1, 0.15) is 6.54 Å². The van der Waals surface area contributed by atoms with Crippen molar-refractivity contribution in [3.8, 4) is 0 Å². The number of nitrogens with zero attached hydrogens (tertiary/aromatic N) is 1. The van der Waals surface area contributed by atoms with E-state index in [-0.39, 0.29) is 27.1 Å². The Balaban J connectivity index is 1.95. The van der Waals surface area contributed by atoms with E-state index < -0.39 is 36.8 Å². The molecule has 0 aromatic heterocycles. The zero-order valence-electron chi connectivity index (χ0n) is 13.6. The van der Waals surface area contributed by atoms with E-state index >= 15 is 0 Å². The molecule has 1 aromatic rings.